The number of nitrogens with zero attached hydrogens (tertiary/aromatic N) is 5. The summed E-state index contributed by atoms with van der Waals surface area (Å²) in [5.41, 5.74) is 12.7. The summed E-state index contributed by atoms with van der Waals surface area (Å²) in [4.78, 5) is 24.8. The Kier molecular flexibility index (Phi) is 7.14. The number of carbonyl (C=O) groups excluding carboxylic acids is 1. The smallest absolute Gasteiger partial charge is 0.231 e. The number of amides is 1. The summed E-state index contributed by atoms with van der Waals surface area (Å²) in [5.74, 6) is 1.10. The molecular weight excluding hydrogens is 436 g/mol. The van der Waals surface area contributed by atoms with E-state index in [4.69, 9.17) is 11.5 Å². The molecule has 2 aliphatic carbocycles. The summed E-state index contributed by atoms with van der Waals surface area (Å²) >= 11 is 1.61. The van der Waals surface area contributed by atoms with Gasteiger partial charge in [0.25, 0.3) is 0 Å². The topological polar surface area (TPSA) is 128 Å². The number of thiophene rings is 1. The van der Waals surface area contributed by atoms with E-state index in [-0.39, 0.29) is 11.8 Å². The second-order valence-electron chi connectivity index (χ2n) is 9.21. The van der Waals surface area contributed by atoms with Crippen LogP contribution < -0.4 is 16.8 Å². The molecule has 1 saturated carbocycles. The van der Waals surface area contributed by atoms with Gasteiger partial charge >= 0.3 is 0 Å². The zero-order chi connectivity index (χ0) is 23.5. The van der Waals surface area contributed by atoms with Crippen LogP contribution in [0.5, 0.6) is 0 Å². The van der Waals surface area contributed by atoms with Crippen LogP contribution in [0.2, 0.25) is 0 Å². The van der Waals surface area contributed by atoms with Gasteiger partial charge in [0.1, 0.15) is 10.6 Å². The van der Waals surface area contributed by atoms with E-state index in [9.17, 15) is 4.79 Å². The normalized spacial score (nSPS) is 18.6. The first kappa shape index (κ1) is 23.4. The summed E-state index contributed by atoms with van der Waals surface area (Å²) in [6.07, 6.45) is 11.3. The average molecular weight is 471 g/mol. The van der Waals surface area contributed by atoms with E-state index in [1.54, 1.807) is 16.0 Å². The molecule has 0 saturated heterocycles. The second kappa shape index (κ2) is 10.0. The van der Waals surface area contributed by atoms with Crippen molar-refractivity contribution in [2.45, 2.75) is 57.4 Å². The number of nitrogens with one attached hydrogen (secondary N) is 1. The zero-order valence-electron chi connectivity index (χ0n) is 19.7. The number of nitrogen functional groups attached to an aromatic ring is 1. The lowest BCUT2D eigenvalue weighted by Gasteiger charge is -2.27. The van der Waals surface area contributed by atoms with Crippen molar-refractivity contribution >= 4 is 45.0 Å². The van der Waals surface area contributed by atoms with Gasteiger partial charge in [-0.1, -0.05) is 19.3 Å². The maximum absolute atomic E-state index is 11.5. The number of hydrogen-bond acceptors (Lipinski definition) is 8. The molecule has 1 atom stereocenters. The summed E-state index contributed by atoms with van der Waals surface area (Å²) in [7, 11) is 6.22. The van der Waals surface area contributed by atoms with Crippen molar-refractivity contribution in [3.63, 3.8) is 0 Å². The number of aryl methyl sites for hydroxylation is 2. The molecule has 5 N–H and O–H groups in total. The minimum absolute atomic E-state index is 0.138. The molecule has 178 valence electrons. The van der Waals surface area contributed by atoms with Crippen molar-refractivity contribution in [2.75, 3.05) is 25.1 Å². The van der Waals surface area contributed by atoms with Crippen LogP contribution in [0.15, 0.2) is 12.3 Å². The number of anilines is 3. The lowest BCUT2D eigenvalue weighted by Crippen LogP contribution is -2.29. The number of rotatable bonds is 4. The number of nitrogens with two attached hydrogens (primary N) is 2. The van der Waals surface area contributed by atoms with Gasteiger partial charge in [-0.2, -0.15) is 10.1 Å². The number of aromatic nitrogens is 4. The predicted molar refractivity (Wildman–Crippen MR) is 134 cm³/mol. The van der Waals surface area contributed by atoms with E-state index in [0.29, 0.717) is 24.0 Å². The Hall–Kier alpha value is -2.72. The van der Waals surface area contributed by atoms with Crippen LogP contribution in [0.25, 0.3) is 10.2 Å². The standard InChI is InChI=1S/C15H17N7OS.C8H17N/c1-22-5-4-10(21-22)18-15-19-12(16)11-8-6-7(13(17)23)2-3-9(8)24-14(11)20-15;1-9(2)8-6-4-3-5-7-8/h4-5,7H,2-3,6H2,1H3,(H2,17,23)(H3,16,18,19,20,21);8H,3-7H2,1-2H3. The van der Waals surface area contributed by atoms with E-state index in [0.717, 1.165) is 34.7 Å². The third kappa shape index (κ3) is 5.44. The fraction of sp³-hybridized carbons (Fsp3) is 0.565. The molecule has 0 spiro atoms. The van der Waals surface area contributed by atoms with Crippen LogP contribution in [0.3, 0.4) is 0 Å². The lowest BCUT2D eigenvalue weighted by atomic mass is 9.87. The molecule has 1 unspecified atom stereocenters. The van der Waals surface area contributed by atoms with Crippen molar-refractivity contribution in [3.8, 4) is 0 Å². The molecule has 33 heavy (non-hydrogen) atoms. The van der Waals surface area contributed by atoms with Gasteiger partial charge in [-0.05, 0) is 51.8 Å². The van der Waals surface area contributed by atoms with E-state index < -0.39 is 0 Å². The van der Waals surface area contributed by atoms with Gasteiger partial charge in [0, 0.05) is 36.1 Å². The Labute approximate surface area is 198 Å². The molecule has 0 bridgehead atoms. The van der Waals surface area contributed by atoms with E-state index in [1.165, 1.54) is 37.0 Å². The van der Waals surface area contributed by atoms with Crippen LogP contribution in [-0.2, 0) is 24.7 Å². The first-order chi connectivity index (χ1) is 15.8. The molecule has 3 heterocycles. The van der Waals surface area contributed by atoms with Crippen LogP contribution in [-0.4, -0.2) is 50.7 Å². The third-order valence-electron chi connectivity index (χ3n) is 6.59. The van der Waals surface area contributed by atoms with Gasteiger partial charge in [-0.15, -0.1) is 11.3 Å². The van der Waals surface area contributed by atoms with Gasteiger partial charge in [-0.25, -0.2) is 4.98 Å². The Bertz CT molecular complexity index is 1120. The zero-order valence-corrected chi connectivity index (χ0v) is 20.5. The van der Waals surface area contributed by atoms with Crippen LogP contribution >= 0.6 is 11.3 Å². The quantitative estimate of drug-likeness (QED) is 0.534. The molecule has 10 heteroatoms. The van der Waals surface area contributed by atoms with Crippen molar-refractivity contribution in [1.82, 2.24) is 24.6 Å². The predicted octanol–water partition coefficient (Wildman–Crippen LogP) is 3.22. The first-order valence-corrected chi connectivity index (χ1v) is 12.4. The lowest BCUT2D eigenvalue weighted by molar-refractivity contribution is -0.122. The van der Waals surface area contributed by atoms with Gasteiger partial charge in [0.15, 0.2) is 5.82 Å². The maximum atomic E-state index is 11.5. The molecule has 2 aliphatic rings. The van der Waals surface area contributed by atoms with Gasteiger partial charge in [0.2, 0.25) is 11.9 Å². The highest BCUT2D eigenvalue weighted by Gasteiger charge is 2.28. The molecule has 3 aromatic heterocycles. The Morgan fingerprint density at radius 3 is 2.58 bits per heavy atom. The van der Waals surface area contributed by atoms with Crippen molar-refractivity contribution < 1.29 is 4.79 Å². The highest BCUT2D eigenvalue weighted by atomic mass is 32.1. The molecule has 0 aromatic carbocycles. The summed E-state index contributed by atoms with van der Waals surface area (Å²) in [5, 5.41) is 8.16. The molecule has 0 radical (unpaired) electrons. The minimum atomic E-state index is -0.257. The fourth-order valence-electron chi connectivity index (χ4n) is 4.70. The summed E-state index contributed by atoms with van der Waals surface area (Å²) in [6, 6.07) is 2.72. The molecule has 5 rings (SSSR count). The second-order valence-corrected chi connectivity index (χ2v) is 10.3. The number of carbonyl (C=O) groups is 1. The molecule has 1 amide bonds. The molecule has 9 nitrogen and oxygen atoms in total. The number of hydrogen-bond donors (Lipinski definition) is 3. The molecule has 0 aliphatic heterocycles. The number of fused-ring (bicyclic) bond motifs is 3. The van der Waals surface area contributed by atoms with Gasteiger partial charge in [0.05, 0.1) is 5.39 Å². The fourth-order valence-corrected chi connectivity index (χ4v) is 5.92. The summed E-state index contributed by atoms with van der Waals surface area (Å²) in [6.45, 7) is 0. The van der Waals surface area contributed by atoms with Crippen molar-refractivity contribution in [3.05, 3.63) is 22.7 Å². The van der Waals surface area contributed by atoms with Crippen LogP contribution in [0.1, 0.15) is 49.0 Å². The van der Waals surface area contributed by atoms with E-state index >= 15 is 0 Å². The van der Waals surface area contributed by atoms with Crippen LogP contribution in [0.4, 0.5) is 17.6 Å². The Morgan fingerprint density at radius 2 is 1.97 bits per heavy atom. The first-order valence-electron chi connectivity index (χ1n) is 11.6. The van der Waals surface area contributed by atoms with Crippen molar-refractivity contribution in [2.24, 2.45) is 18.7 Å². The highest BCUT2D eigenvalue weighted by molar-refractivity contribution is 7.19. The minimum Gasteiger partial charge on any atom is -0.383 e. The average Bonchev–Trinajstić information content (AvgIpc) is 3.37. The summed E-state index contributed by atoms with van der Waals surface area (Å²) < 4.78 is 1.69. The largest absolute Gasteiger partial charge is 0.383 e. The van der Waals surface area contributed by atoms with Gasteiger partial charge < -0.3 is 21.7 Å². The highest BCUT2D eigenvalue weighted by Crippen LogP contribution is 2.39. The molecule has 1 fully saturated rings. The monoisotopic (exact) mass is 470 g/mol. The molecular formula is C23H34N8OS. The maximum Gasteiger partial charge on any atom is 0.231 e. The molecule has 3 aromatic rings. The Morgan fingerprint density at radius 1 is 1.21 bits per heavy atom. The van der Waals surface area contributed by atoms with E-state index in [1.807, 2.05) is 19.3 Å². The van der Waals surface area contributed by atoms with E-state index in [2.05, 4.69) is 39.4 Å². The van der Waals surface area contributed by atoms with Crippen molar-refractivity contribution in [1.29, 1.82) is 0 Å². The van der Waals surface area contributed by atoms with Gasteiger partial charge in [-0.3, -0.25) is 9.48 Å². The Balaban J connectivity index is 0.000000243. The third-order valence-corrected chi connectivity index (χ3v) is 7.78. The number of primary amides is 1. The van der Waals surface area contributed by atoms with Crippen LogP contribution in [0, 0.1) is 5.92 Å². The SMILES string of the molecule is CN(C)C1CCCCC1.Cn1ccc(Nc2nc(N)c3c4c(sc3n2)CCC(C(N)=O)C4)n1.